The molecule has 0 aliphatic heterocycles. The van der Waals surface area contributed by atoms with Crippen molar-refractivity contribution in [2.75, 3.05) is 39.6 Å². The van der Waals surface area contributed by atoms with Crippen LogP contribution >= 0.6 is 0 Å². The summed E-state index contributed by atoms with van der Waals surface area (Å²) in [6, 6.07) is 9.27. The van der Waals surface area contributed by atoms with Crippen molar-refractivity contribution in [3.05, 3.63) is 47.4 Å². The molecule has 7 heteroatoms. The van der Waals surface area contributed by atoms with Crippen LogP contribution in [0.2, 0.25) is 0 Å². The molecule has 7 nitrogen and oxygen atoms in total. The van der Waals surface area contributed by atoms with Crippen molar-refractivity contribution < 1.29 is 9.53 Å². The molecule has 0 unspecified atom stereocenters. The first-order valence-corrected chi connectivity index (χ1v) is 8.64. The van der Waals surface area contributed by atoms with Gasteiger partial charge in [0.15, 0.2) is 0 Å². The summed E-state index contributed by atoms with van der Waals surface area (Å²) in [4.78, 5) is 23.2. The van der Waals surface area contributed by atoms with Gasteiger partial charge in [-0.2, -0.15) is 0 Å². The van der Waals surface area contributed by atoms with Crippen LogP contribution < -0.4 is 15.4 Å². The van der Waals surface area contributed by atoms with Gasteiger partial charge in [0.2, 0.25) is 0 Å². The first-order chi connectivity index (χ1) is 12.5. The molecule has 0 aliphatic rings. The third kappa shape index (κ3) is 6.00. The van der Waals surface area contributed by atoms with Crippen molar-refractivity contribution in [3.8, 4) is 5.75 Å². The van der Waals surface area contributed by atoms with Crippen LogP contribution in [0.15, 0.2) is 30.3 Å². The molecule has 0 radical (unpaired) electrons. The molecule has 0 atom stereocenters. The van der Waals surface area contributed by atoms with Crippen LogP contribution in [0.5, 0.6) is 5.75 Å². The van der Waals surface area contributed by atoms with E-state index in [-0.39, 0.29) is 5.91 Å². The lowest BCUT2D eigenvalue weighted by atomic mass is 10.2. The Labute approximate surface area is 154 Å². The van der Waals surface area contributed by atoms with Crippen molar-refractivity contribution in [3.63, 3.8) is 0 Å². The Morgan fingerprint density at radius 3 is 2.73 bits per heavy atom. The minimum absolute atomic E-state index is 0.238. The number of carbonyl (C=O) groups is 1. The molecule has 0 saturated carbocycles. The Kier molecular flexibility index (Phi) is 7.35. The van der Waals surface area contributed by atoms with Crippen LogP contribution in [0.25, 0.3) is 0 Å². The first kappa shape index (κ1) is 19.7. The number of methoxy groups -OCH3 is 1. The molecule has 0 aliphatic carbocycles. The summed E-state index contributed by atoms with van der Waals surface area (Å²) in [5, 5.41) is 6.13. The van der Waals surface area contributed by atoms with Crippen LogP contribution in [0.1, 0.15) is 28.3 Å². The molecule has 1 aromatic heterocycles. The van der Waals surface area contributed by atoms with Crippen LogP contribution in [0.3, 0.4) is 0 Å². The van der Waals surface area contributed by atoms with Crippen LogP contribution in [0.4, 0.5) is 5.82 Å². The van der Waals surface area contributed by atoms with E-state index in [0.29, 0.717) is 23.9 Å². The molecular weight excluding hydrogens is 330 g/mol. The van der Waals surface area contributed by atoms with Gasteiger partial charge >= 0.3 is 0 Å². The summed E-state index contributed by atoms with van der Waals surface area (Å²) in [5.74, 6) is 1.73. The number of rotatable bonds is 9. The summed E-state index contributed by atoms with van der Waals surface area (Å²) < 4.78 is 5.30. The second-order valence-electron chi connectivity index (χ2n) is 6.26. The van der Waals surface area contributed by atoms with Crippen LogP contribution in [0, 0.1) is 6.92 Å². The maximum absolute atomic E-state index is 12.5. The smallest absolute Gasteiger partial charge is 0.270 e. The van der Waals surface area contributed by atoms with E-state index in [1.807, 2.05) is 38.4 Å². The molecule has 0 saturated heterocycles. The fraction of sp³-hybridized carbons (Fsp3) is 0.421. The second-order valence-corrected chi connectivity index (χ2v) is 6.26. The standard InChI is InChI=1S/C19H27N5O2/c1-14-22-16(12-18(23-14)20-10-7-11-24(2)3)19(25)21-13-15-8-5-6-9-17(15)26-4/h5-6,8-9,12H,7,10-11,13H2,1-4H3,(H,21,25)(H,20,22,23). The molecule has 2 aromatic rings. The van der Waals surface area contributed by atoms with Gasteiger partial charge in [-0.15, -0.1) is 0 Å². The van der Waals surface area contributed by atoms with Gasteiger partial charge in [-0.25, -0.2) is 9.97 Å². The average Bonchev–Trinajstić information content (AvgIpc) is 2.63. The van der Waals surface area contributed by atoms with Gasteiger partial charge in [-0.05, 0) is 40.1 Å². The molecule has 0 bridgehead atoms. The fourth-order valence-corrected chi connectivity index (χ4v) is 2.50. The molecule has 1 amide bonds. The number of nitrogens with one attached hydrogen (secondary N) is 2. The Hall–Kier alpha value is -2.67. The van der Waals surface area contributed by atoms with E-state index in [4.69, 9.17) is 4.74 Å². The van der Waals surface area contributed by atoms with E-state index in [2.05, 4.69) is 25.5 Å². The number of ether oxygens (including phenoxy) is 1. The number of hydrogen-bond donors (Lipinski definition) is 2. The highest BCUT2D eigenvalue weighted by molar-refractivity contribution is 5.92. The molecule has 2 rings (SSSR count). The third-order valence-corrected chi connectivity index (χ3v) is 3.79. The SMILES string of the molecule is COc1ccccc1CNC(=O)c1cc(NCCCN(C)C)nc(C)n1. The number of benzene rings is 1. The van der Waals surface area contributed by atoms with Gasteiger partial charge in [0.25, 0.3) is 5.91 Å². The Morgan fingerprint density at radius 1 is 1.23 bits per heavy atom. The zero-order valence-corrected chi connectivity index (χ0v) is 15.9. The molecule has 2 N–H and O–H groups in total. The number of para-hydroxylation sites is 1. The number of nitrogens with zero attached hydrogens (tertiary/aromatic N) is 3. The largest absolute Gasteiger partial charge is 0.496 e. The summed E-state index contributed by atoms with van der Waals surface area (Å²) >= 11 is 0. The number of carbonyl (C=O) groups excluding carboxylic acids is 1. The van der Waals surface area contributed by atoms with E-state index in [1.165, 1.54) is 0 Å². The topological polar surface area (TPSA) is 79.4 Å². The molecule has 140 valence electrons. The zero-order valence-electron chi connectivity index (χ0n) is 15.9. The monoisotopic (exact) mass is 357 g/mol. The summed E-state index contributed by atoms with van der Waals surface area (Å²) in [6.07, 6.45) is 0.991. The highest BCUT2D eigenvalue weighted by Crippen LogP contribution is 2.17. The molecule has 26 heavy (non-hydrogen) atoms. The Bertz CT molecular complexity index is 734. The predicted octanol–water partition coefficient (Wildman–Crippen LogP) is 2.09. The minimum Gasteiger partial charge on any atom is -0.496 e. The summed E-state index contributed by atoms with van der Waals surface area (Å²) in [6.45, 7) is 3.93. The normalized spacial score (nSPS) is 10.7. The van der Waals surface area contributed by atoms with E-state index in [0.717, 1.165) is 30.8 Å². The van der Waals surface area contributed by atoms with Crippen molar-refractivity contribution >= 4 is 11.7 Å². The van der Waals surface area contributed by atoms with E-state index in [9.17, 15) is 4.79 Å². The van der Waals surface area contributed by atoms with Gasteiger partial charge in [-0.3, -0.25) is 4.79 Å². The van der Waals surface area contributed by atoms with Crippen LogP contribution in [-0.4, -0.2) is 55.1 Å². The lowest BCUT2D eigenvalue weighted by molar-refractivity contribution is 0.0945. The minimum atomic E-state index is -0.238. The Balaban J connectivity index is 1.97. The highest BCUT2D eigenvalue weighted by atomic mass is 16.5. The first-order valence-electron chi connectivity index (χ1n) is 8.64. The van der Waals surface area contributed by atoms with Crippen molar-refractivity contribution in [2.24, 2.45) is 0 Å². The maximum Gasteiger partial charge on any atom is 0.270 e. The lowest BCUT2D eigenvalue weighted by Gasteiger charge is -2.12. The summed E-state index contributed by atoms with van der Waals surface area (Å²) in [7, 11) is 5.70. The van der Waals surface area contributed by atoms with Gasteiger partial charge in [0.05, 0.1) is 7.11 Å². The maximum atomic E-state index is 12.5. The molecular formula is C19H27N5O2. The average molecular weight is 357 g/mol. The molecule has 1 aromatic carbocycles. The van der Waals surface area contributed by atoms with Crippen molar-refractivity contribution in [1.29, 1.82) is 0 Å². The van der Waals surface area contributed by atoms with E-state index in [1.54, 1.807) is 20.1 Å². The number of aromatic nitrogens is 2. The van der Waals surface area contributed by atoms with Crippen molar-refractivity contribution in [1.82, 2.24) is 20.2 Å². The number of anilines is 1. The lowest BCUT2D eigenvalue weighted by Crippen LogP contribution is -2.25. The van der Waals surface area contributed by atoms with Crippen LogP contribution in [-0.2, 0) is 6.54 Å². The van der Waals surface area contributed by atoms with E-state index < -0.39 is 0 Å². The van der Waals surface area contributed by atoms with Gasteiger partial charge in [-0.1, -0.05) is 18.2 Å². The molecule has 0 fully saturated rings. The van der Waals surface area contributed by atoms with Gasteiger partial charge in [0.1, 0.15) is 23.1 Å². The van der Waals surface area contributed by atoms with Gasteiger partial charge < -0.3 is 20.3 Å². The number of amides is 1. The van der Waals surface area contributed by atoms with Crippen molar-refractivity contribution in [2.45, 2.75) is 19.9 Å². The molecule has 0 spiro atoms. The Morgan fingerprint density at radius 2 is 2.00 bits per heavy atom. The highest BCUT2D eigenvalue weighted by Gasteiger charge is 2.11. The van der Waals surface area contributed by atoms with Gasteiger partial charge in [0, 0.05) is 24.7 Å². The third-order valence-electron chi connectivity index (χ3n) is 3.79. The summed E-state index contributed by atoms with van der Waals surface area (Å²) in [5.41, 5.74) is 1.26. The number of aryl methyl sites for hydroxylation is 1. The second kappa shape index (κ2) is 9.72. The van der Waals surface area contributed by atoms with E-state index >= 15 is 0 Å². The quantitative estimate of drug-likeness (QED) is 0.669. The zero-order chi connectivity index (χ0) is 18.9. The fourth-order valence-electron chi connectivity index (χ4n) is 2.50. The predicted molar refractivity (Wildman–Crippen MR) is 103 cm³/mol. The molecule has 1 heterocycles. The number of hydrogen-bond acceptors (Lipinski definition) is 6.